The van der Waals surface area contributed by atoms with Crippen molar-refractivity contribution in [1.82, 2.24) is 14.9 Å². The standard InChI is InChI=1S/C22H22F4N4O4/c1-10-3-12(6-23)11(2)28-9-30(10)29-8-15(19(31)20(32)18(29)22(28)34)21(33)27-7-14-16(25)4-13(24)5-17(14)26/h4-5,8,10-12,32H,3,6-7,9H2,1-2H3,(H,27,33)/t10-,11+,12+/m1/s1. The summed E-state index contributed by atoms with van der Waals surface area (Å²) in [5, 5.41) is 14.4. The Morgan fingerprint density at radius 2 is 1.82 bits per heavy atom. The second-order valence-electron chi connectivity index (χ2n) is 8.54. The number of benzene rings is 1. The van der Waals surface area contributed by atoms with Gasteiger partial charge in [-0.15, -0.1) is 0 Å². The van der Waals surface area contributed by atoms with Gasteiger partial charge in [-0.2, -0.15) is 0 Å². The third kappa shape index (κ3) is 3.76. The average molecular weight is 482 g/mol. The number of aromatic nitrogens is 1. The van der Waals surface area contributed by atoms with E-state index in [1.807, 2.05) is 0 Å². The Labute approximate surface area is 191 Å². The van der Waals surface area contributed by atoms with E-state index in [2.05, 4.69) is 5.32 Å². The van der Waals surface area contributed by atoms with E-state index in [4.69, 9.17) is 0 Å². The number of nitrogens with one attached hydrogen (secondary N) is 1. The largest absolute Gasteiger partial charge is 0.502 e. The SMILES string of the molecule is C[C@@H]1C[C@@H](CF)[C@H](C)N2CN1n1cc(C(=O)NCc3c(F)cc(F)cc3F)c(=O)c(O)c1C2=O. The van der Waals surface area contributed by atoms with Gasteiger partial charge in [-0.1, -0.05) is 0 Å². The lowest BCUT2D eigenvalue weighted by atomic mass is 9.95. The molecular weight excluding hydrogens is 460 g/mol. The van der Waals surface area contributed by atoms with Crippen LogP contribution in [0.4, 0.5) is 17.6 Å². The van der Waals surface area contributed by atoms with Crippen LogP contribution in [0.15, 0.2) is 23.1 Å². The Hall–Kier alpha value is -3.57. The molecule has 34 heavy (non-hydrogen) atoms. The molecule has 2 N–H and O–H groups in total. The van der Waals surface area contributed by atoms with Crippen molar-refractivity contribution in [3.8, 4) is 5.75 Å². The van der Waals surface area contributed by atoms with Gasteiger partial charge in [0.25, 0.3) is 11.8 Å². The fourth-order valence-corrected chi connectivity index (χ4v) is 4.45. The summed E-state index contributed by atoms with van der Waals surface area (Å²) >= 11 is 0. The fraction of sp³-hybridized carbons (Fsp3) is 0.409. The van der Waals surface area contributed by atoms with Gasteiger partial charge in [0.15, 0.2) is 11.4 Å². The van der Waals surface area contributed by atoms with E-state index in [0.29, 0.717) is 18.6 Å². The topological polar surface area (TPSA) is 94.9 Å². The van der Waals surface area contributed by atoms with Gasteiger partial charge in [-0.05, 0) is 20.3 Å². The number of amides is 2. The van der Waals surface area contributed by atoms with Crippen LogP contribution in [0.3, 0.4) is 0 Å². The smallest absolute Gasteiger partial charge is 0.278 e. The van der Waals surface area contributed by atoms with Gasteiger partial charge in [0.05, 0.1) is 6.67 Å². The van der Waals surface area contributed by atoms with Crippen molar-refractivity contribution in [1.29, 1.82) is 0 Å². The summed E-state index contributed by atoms with van der Waals surface area (Å²) in [6.07, 6.45) is 1.44. The highest BCUT2D eigenvalue weighted by molar-refractivity contribution is 5.99. The van der Waals surface area contributed by atoms with Crippen molar-refractivity contribution < 1.29 is 32.3 Å². The van der Waals surface area contributed by atoms with Crippen molar-refractivity contribution >= 4 is 11.8 Å². The van der Waals surface area contributed by atoms with Crippen LogP contribution in [0.2, 0.25) is 0 Å². The van der Waals surface area contributed by atoms with E-state index >= 15 is 0 Å². The van der Waals surface area contributed by atoms with Crippen LogP contribution in [0.25, 0.3) is 0 Å². The Morgan fingerprint density at radius 1 is 1.18 bits per heavy atom. The van der Waals surface area contributed by atoms with Gasteiger partial charge in [0.1, 0.15) is 29.7 Å². The molecule has 2 aromatic rings. The van der Waals surface area contributed by atoms with E-state index in [9.17, 15) is 37.1 Å². The number of alkyl halides is 1. The third-order valence-electron chi connectivity index (χ3n) is 6.50. The Morgan fingerprint density at radius 3 is 2.44 bits per heavy atom. The second kappa shape index (κ2) is 8.65. The first-order valence-electron chi connectivity index (χ1n) is 10.6. The van der Waals surface area contributed by atoms with E-state index < -0.39 is 76.8 Å². The maximum Gasteiger partial charge on any atom is 0.278 e. The molecule has 1 fully saturated rings. The number of aromatic hydroxyl groups is 1. The maximum atomic E-state index is 13.9. The molecule has 182 valence electrons. The first-order chi connectivity index (χ1) is 16.0. The van der Waals surface area contributed by atoms with Crippen LogP contribution in [0.5, 0.6) is 5.75 Å². The Kier molecular flexibility index (Phi) is 6.00. The molecule has 0 unspecified atom stereocenters. The number of nitrogens with zero attached hydrogens (tertiary/aromatic N) is 3. The van der Waals surface area contributed by atoms with E-state index in [1.54, 1.807) is 18.9 Å². The molecule has 1 saturated heterocycles. The second-order valence-corrected chi connectivity index (χ2v) is 8.54. The predicted molar refractivity (Wildman–Crippen MR) is 112 cm³/mol. The molecule has 2 aliphatic heterocycles. The van der Waals surface area contributed by atoms with Crippen molar-refractivity contribution in [2.45, 2.75) is 38.9 Å². The lowest BCUT2D eigenvalue weighted by molar-refractivity contribution is 0.0571. The minimum Gasteiger partial charge on any atom is -0.502 e. The molecule has 4 rings (SSSR count). The highest BCUT2D eigenvalue weighted by Crippen LogP contribution is 2.31. The number of hydrogen-bond acceptors (Lipinski definition) is 5. The normalized spacial score (nSPS) is 21.8. The highest BCUT2D eigenvalue weighted by Gasteiger charge is 2.43. The summed E-state index contributed by atoms with van der Waals surface area (Å²) in [7, 11) is 0. The van der Waals surface area contributed by atoms with Crippen molar-refractivity contribution in [3.05, 3.63) is 62.8 Å². The van der Waals surface area contributed by atoms with Crippen LogP contribution in [-0.4, -0.2) is 51.9 Å². The van der Waals surface area contributed by atoms with Crippen LogP contribution in [0.1, 0.15) is 46.7 Å². The molecule has 3 atom stereocenters. The van der Waals surface area contributed by atoms with Crippen molar-refractivity contribution in [2.75, 3.05) is 18.4 Å². The van der Waals surface area contributed by atoms with Crippen molar-refractivity contribution in [3.63, 3.8) is 0 Å². The Bertz CT molecular complexity index is 1210. The minimum atomic E-state index is -1.22. The molecule has 3 heterocycles. The van der Waals surface area contributed by atoms with E-state index in [-0.39, 0.29) is 18.4 Å². The summed E-state index contributed by atoms with van der Waals surface area (Å²) in [5.74, 6) is -6.75. The highest BCUT2D eigenvalue weighted by atomic mass is 19.1. The molecule has 2 amide bonds. The molecule has 2 bridgehead atoms. The molecular formula is C22H22F4N4O4. The van der Waals surface area contributed by atoms with Gasteiger partial charge in [-0.3, -0.25) is 28.5 Å². The first-order valence-corrected chi connectivity index (χ1v) is 10.6. The van der Waals surface area contributed by atoms with Gasteiger partial charge in [0.2, 0.25) is 5.43 Å². The molecule has 12 heteroatoms. The molecule has 0 aliphatic carbocycles. The number of carbonyl (C=O) groups is 2. The third-order valence-corrected chi connectivity index (χ3v) is 6.50. The monoisotopic (exact) mass is 482 g/mol. The van der Waals surface area contributed by atoms with Crippen LogP contribution >= 0.6 is 0 Å². The number of halogens is 4. The molecule has 1 aromatic carbocycles. The minimum absolute atomic E-state index is 0.0417. The molecule has 2 aliphatic rings. The van der Waals surface area contributed by atoms with Gasteiger partial charge in [0, 0.05) is 48.4 Å². The summed E-state index contributed by atoms with van der Waals surface area (Å²) in [5.41, 5.74) is -2.70. The van der Waals surface area contributed by atoms with E-state index in [0.717, 1.165) is 6.20 Å². The zero-order valence-electron chi connectivity index (χ0n) is 18.3. The van der Waals surface area contributed by atoms with Gasteiger partial charge >= 0.3 is 0 Å². The average Bonchev–Trinajstić information content (AvgIpc) is 2.88. The van der Waals surface area contributed by atoms with Gasteiger partial charge < -0.3 is 15.3 Å². The summed E-state index contributed by atoms with van der Waals surface area (Å²) in [4.78, 5) is 39.9. The lowest BCUT2D eigenvalue weighted by Gasteiger charge is -2.42. The Balaban J connectivity index is 1.71. The lowest BCUT2D eigenvalue weighted by Crippen LogP contribution is -2.57. The number of carbonyl (C=O) groups excluding carboxylic acids is 2. The summed E-state index contributed by atoms with van der Waals surface area (Å²) in [6, 6.07) is 0.0963. The molecule has 0 saturated carbocycles. The number of pyridine rings is 1. The molecule has 0 spiro atoms. The first kappa shape index (κ1) is 23.6. The zero-order chi connectivity index (χ0) is 24.9. The zero-order valence-corrected chi connectivity index (χ0v) is 18.3. The number of rotatable bonds is 4. The molecule has 0 radical (unpaired) electrons. The number of fused-ring (bicyclic) bond motifs is 4. The summed E-state index contributed by atoms with van der Waals surface area (Å²) < 4.78 is 55.7. The number of hydrogen-bond donors (Lipinski definition) is 2. The molecule has 1 aromatic heterocycles. The van der Waals surface area contributed by atoms with E-state index in [1.165, 1.54) is 9.58 Å². The molecule has 8 nitrogen and oxygen atoms in total. The fourth-order valence-electron chi connectivity index (χ4n) is 4.45. The summed E-state index contributed by atoms with van der Waals surface area (Å²) in [6.45, 7) is 2.17. The van der Waals surface area contributed by atoms with Gasteiger partial charge in [-0.25, -0.2) is 13.2 Å². The predicted octanol–water partition coefficient (Wildman–Crippen LogP) is 2.02. The van der Waals surface area contributed by atoms with Crippen LogP contribution < -0.4 is 15.8 Å². The maximum absolute atomic E-state index is 13.9. The quantitative estimate of drug-likeness (QED) is 0.651. The van der Waals surface area contributed by atoms with Crippen LogP contribution in [0, 0.1) is 23.4 Å². The van der Waals surface area contributed by atoms with Crippen LogP contribution in [-0.2, 0) is 6.54 Å². The van der Waals surface area contributed by atoms with Crippen molar-refractivity contribution in [2.24, 2.45) is 5.92 Å².